The van der Waals surface area contributed by atoms with Crippen LogP contribution in [0, 0.1) is 6.92 Å². The Labute approximate surface area is 289 Å². The van der Waals surface area contributed by atoms with E-state index >= 15 is 0 Å². The average Bonchev–Trinajstić information content (AvgIpc) is 3.48. The molecule has 0 saturated carbocycles. The van der Waals surface area contributed by atoms with Gasteiger partial charge >= 0.3 is 11.9 Å². The van der Waals surface area contributed by atoms with Crippen LogP contribution in [0.25, 0.3) is 5.69 Å². The predicted molar refractivity (Wildman–Crippen MR) is 178 cm³/mol. The van der Waals surface area contributed by atoms with Gasteiger partial charge in [-0.05, 0) is 38.5 Å². The molecule has 3 amide bonds. The maximum Gasteiger partial charge on any atom is 0.352 e. The number of fused-ring (bicyclic) bond motifs is 1. The second kappa shape index (κ2) is 13.6. The molecular weight excluding hydrogens is 699 g/mol. The molecule has 0 radical (unpaired) electrons. The number of aromatic hydroxyl groups is 2. The summed E-state index contributed by atoms with van der Waals surface area (Å²) >= 11 is 2.09. The molecule has 20 heteroatoms. The summed E-state index contributed by atoms with van der Waals surface area (Å²) in [4.78, 5) is 86.5. The Morgan fingerprint density at radius 3 is 2.48 bits per heavy atom. The van der Waals surface area contributed by atoms with Gasteiger partial charge in [0.2, 0.25) is 5.60 Å². The number of thioether (sulfide) groups is 1. The van der Waals surface area contributed by atoms with Crippen LogP contribution in [0.1, 0.15) is 35.6 Å². The van der Waals surface area contributed by atoms with Crippen molar-refractivity contribution in [3.05, 3.63) is 74.3 Å². The number of phenols is 2. The fraction of sp³-hybridized carbons (Fsp3) is 0.267. The zero-order valence-electron chi connectivity index (χ0n) is 26.4. The van der Waals surface area contributed by atoms with E-state index in [1.807, 2.05) is 0 Å². The number of phenolic OH excluding ortho intramolecular Hbond substituents is 2. The molecule has 1 unspecified atom stereocenters. The van der Waals surface area contributed by atoms with Gasteiger partial charge in [0.25, 0.3) is 17.7 Å². The van der Waals surface area contributed by atoms with E-state index in [1.54, 1.807) is 0 Å². The number of carbonyl (C=O) groups excluding carboxylic acids is 3. The number of nitrogen functional groups attached to an aromatic ring is 1. The molecule has 5 rings (SSSR count). The Morgan fingerprint density at radius 1 is 1.14 bits per heavy atom. The van der Waals surface area contributed by atoms with E-state index in [2.05, 4.69) is 20.8 Å². The number of carboxylic acids is 2. The number of thiazole rings is 1. The molecule has 18 nitrogen and oxygen atoms in total. The highest BCUT2D eigenvalue weighted by Crippen LogP contribution is 2.40. The highest BCUT2D eigenvalue weighted by atomic mass is 32.2. The zero-order chi connectivity index (χ0) is 36.7. The van der Waals surface area contributed by atoms with E-state index in [0.29, 0.717) is 5.69 Å². The fourth-order valence-electron chi connectivity index (χ4n) is 4.96. The summed E-state index contributed by atoms with van der Waals surface area (Å²) < 4.78 is 1.45. The van der Waals surface area contributed by atoms with Crippen LogP contribution in [-0.2, 0) is 24.0 Å². The molecule has 2 aliphatic heterocycles. The van der Waals surface area contributed by atoms with E-state index in [-0.39, 0.29) is 45.7 Å². The summed E-state index contributed by atoms with van der Waals surface area (Å²) in [5, 5.41) is 48.3. The Balaban J connectivity index is 1.33. The van der Waals surface area contributed by atoms with Gasteiger partial charge in [-0.2, -0.15) is 0 Å². The number of nitrogens with zero attached hydrogens (tertiary/aromatic N) is 4. The lowest BCUT2D eigenvalue weighted by molar-refractivity contribution is -0.161. The number of nitrogens with one attached hydrogen (secondary N) is 2. The number of β-lactam (4-membered cyclic amide) rings is 1. The highest BCUT2D eigenvalue weighted by Gasteiger charge is 2.54. The zero-order valence-corrected chi connectivity index (χ0v) is 28.0. The maximum atomic E-state index is 13.3. The summed E-state index contributed by atoms with van der Waals surface area (Å²) in [6, 6.07) is 3.87. The molecule has 0 bridgehead atoms. The molecule has 8 N–H and O–H groups in total. The molecule has 0 aliphatic carbocycles. The number of aromatic nitrogens is 2. The van der Waals surface area contributed by atoms with Crippen molar-refractivity contribution >= 4 is 63.6 Å². The molecule has 4 heterocycles. The van der Waals surface area contributed by atoms with Crippen LogP contribution in [-0.4, -0.2) is 99.6 Å². The van der Waals surface area contributed by atoms with Crippen molar-refractivity contribution in [2.75, 3.05) is 18.0 Å². The first-order valence-corrected chi connectivity index (χ1v) is 16.4. The number of nitrogens with two attached hydrogens (primary N) is 1. The van der Waals surface area contributed by atoms with Gasteiger partial charge in [0.1, 0.15) is 28.4 Å². The minimum atomic E-state index is -1.82. The first-order valence-electron chi connectivity index (χ1n) is 14.5. The number of oxime groups is 1. The normalized spacial score (nSPS) is 17.5. The molecule has 0 spiro atoms. The van der Waals surface area contributed by atoms with Gasteiger partial charge in [-0.15, -0.1) is 23.1 Å². The lowest BCUT2D eigenvalue weighted by Crippen LogP contribution is -2.71. The number of hydrogen-bond acceptors (Lipinski definition) is 14. The number of benzene rings is 1. The van der Waals surface area contributed by atoms with Crippen LogP contribution in [0.5, 0.6) is 11.5 Å². The molecule has 2 aliphatic rings. The largest absolute Gasteiger partial charge is 0.504 e. The van der Waals surface area contributed by atoms with Gasteiger partial charge in [-0.1, -0.05) is 5.16 Å². The van der Waals surface area contributed by atoms with Crippen LogP contribution in [0.3, 0.4) is 0 Å². The predicted octanol–water partition coefficient (Wildman–Crippen LogP) is 0.348. The Bertz CT molecular complexity index is 2070. The Kier molecular flexibility index (Phi) is 9.60. The van der Waals surface area contributed by atoms with Crippen molar-refractivity contribution in [1.82, 2.24) is 25.1 Å². The number of hydrogen-bond donors (Lipinski definition) is 7. The molecule has 2 aromatic heterocycles. The Hall–Kier alpha value is -5.89. The Morgan fingerprint density at radius 2 is 1.86 bits per heavy atom. The summed E-state index contributed by atoms with van der Waals surface area (Å²) in [5.74, 6) is -6.14. The van der Waals surface area contributed by atoms with E-state index in [1.165, 1.54) is 55.1 Å². The number of anilines is 1. The van der Waals surface area contributed by atoms with Crippen molar-refractivity contribution < 1.29 is 49.2 Å². The van der Waals surface area contributed by atoms with Crippen molar-refractivity contribution in [2.45, 2.75) is 37.8 Å². The summed E-state index contributed by atoms with van der Waals surface area (Å²) in [6.45, 7) is 3.57. The number of carboxylic acid groups (broad SMARTS) is 2. The van der Waals surface area contributed by atoms with Gasteiger partial charge < -0.3 is 46.2 Å². The van der Waals surface area contributed by atoms with Crippen molar-refractivity contribution in [1.29, 1.82) is 0 Å². The number of rotatable bonds is 11. The fourth-order valence-corrected chi connectivity index (χ4v) is 6.85. The summed E-state index contributed by atoms with van der Waals surface area (Å²) in [6.07, 6.45) is 1.39. The SMILES string of the molecule is Cc1c(C(=O)NCC2=C(C(=O)O)N3C(=O)C(NC(=O)/C(=N\OC(C)(C)C(=O)O)c4csc(N)n4)[C@H]3SC2)c(=O)ccn1-c1ccc(O)c(O)c1. The quantitative estimate of drug-likeness (QED) is 0.0608. The third-order valence-electron chi connectivity index (χ3n) is 7.67. The lowest BCUT2D eigenvalue weighted by atomic mass is 10.0. The van der Waals surface area contributed by atoms with Crippen LogP contribution in [0.2, 0.25) is 0 Å². The number of pyridine rings is 1. The maximum absolute atomic E-state index is 13.3. The van der Waals surface area contributed by atoms with Gasteiger partial charge in [0, 0.05) is 47.4 Å². The first kappa shape index (κ1) is 35.4. The van der Waals surface area contributed by atoms with Crippen LogP contribution < -0.4 is 21.8 Å². The topological polar surface area (TPSA) is 276 Å². The van der Waals surface area contributed by atoms with Gasteiger partial charge in [-0.25, -0.2) is 14.6 Å². The molecule has 1 fully saturated rings. The molecular formula is C30H29N7O11S2. The number of aliphatic carboxylic acids is 2. The second-order valence-electron chi connectivity index (χ2n) is 11.4. The standard InChI is InChI=1S/C30H29N7O11S2/c1-12-19(17(39)6-7-36(12)14-4-5-16(38)18(40)8-14)23(41)32-9-13-10-49-26-21(25(43)37(26)22(13)27(44)45)34-24(42)20(15-11-50-29(31)33-15)35-48-30(2,3)28(46)47/h4-8,11,21,26,38,40H,9-10H2,1-3H3,(H2,31,33)(H,32,41)(H,34,42)(H,44,45)(H,46,47)/b35-20-/t21?,26-/m1/s1. The van der Waals surface area contributed by atoms with Crippen LogP contribution in [0.4, 0.5) is 5.13 Å². The lowest BCUT2D eigenvalue weighted by Gasteiger charge is -2.49. The van der Waals surface area contributed by atoms with Gasteiger partial charge in [0.05, 0.1) is 0 Å². The molecule has 2 atom stereocenters. The number of amides is 3. The minimum absolute atomic E-state index is 0.0208. The molecule has 3 aromatic rings. The monoisotopic (exact) mass is 727 g/mol. The van der Waals surface area contributed by atoms with Crippen molar-refractivity contribution in [3.8, 4) is 17.2 Å². The van der Waals surface area contributed by atoms with Crippen LogP contribution in [0.15, 0.2) is 57.1 Å². The summed E-state index contributed by atoms with van der Waals surface area (Å²) in [7, 11) is 0. The van der Waals surface area contributed by atoms with E-state index in [4.69, 9.17) is 10.6 Å². The van der Waals surface area contributed by atoms with Crippen molar-refractivity contribution in [2.24, 2.45) is 5.16 Å². The van der Waals surface area contributed by atoms with Gasteiger partial charge in [0.15, 0.2) is 27.8 Å². The van der Waals surface area contributed by atoms with Crippen molar-refractivity contribution in [3.63, 3.8) is 0 Å². The smallest absolute Gasteiger partial charge is 0.352 e. The van der Waals surface area contributed by atoms with E-state index in [0.717, 1.165) is 34.1 Å². The third kappa shape index (κ3) is 6.69. The van der Waals surface area contributed by atoms with E-state index < -0.39 is 69.3 Å². The van der Waals surface area contributed by atoms with Gasteiger partial charge in [-0.3, -0.25) is 24.1 Å². The third-order valence-corrected chi connectivity index (χ3v) is 9.68. The number of carbonyl (C=O) groups is 5. The average molecular weight is 728 g/mol. The highest BCUT2D eigenvalue weighted by molar-refractivity contribution is 8.00. The minimum Gasteiger partial charge on any atom is -0.504 e. The first-order chi connectivity index (χ1) is 23.5. The second-order valence-corrected chi connectivity index (χ2v) is 13.4. The molecule has 50 heavy (non-hydrogen) atoms. The molecule has 262 valence electrons. The van der Waals surface area contributed by atoms with E-state index in [9.17, 15) is 49.2 Å². The molecule has 1 aromatic carbocycles. The van der Waals surface area contributed by atoms with Crippen LogP contribution >= 0.6 is 23.1 Å². The molecule has 1 saturated heterocycles. The summed E-state index contributed by atoms with van der Waals surface area (Å²) in [5.41, 5.74) is 2.78.